The van der Waals surface area contributed by atoms with Gasteiger partial charge in [-0.25, -0.2) is 16.8 Å². The number of benzene rings is 3. The molecule has 1 aromatic heterocycles. The molecule has 184 valence electrons. The Hall–Kier alpha value is -3.66. The fourth-order valence-electron chi connectivity index (χ4n) is 3.82. The first-order valence-corrected chi connectivity index (χ1v) is 12.2. The third kappa shape index (κ3) is 5.07. The van der Waals surface area contributed by atoms with Gasteiger partial charge in [-0.05, 0) is 48.4 Å². The SMILES string of the molecule is CCCc1cn(S(=O)(=O)c2cccc(OC(F)F)c2)c2cc(Nc3ccc(OC)cc3F)ccc12. The largest absolute Gasteiger partial charge is 0.497 e. The van der Waals surface area contributed by atoms with Gasteiger partial charge in [0.25, 0.3) is 10.0 Å². The fourth-order valence-corrected chi connectivity index (χ4v) is 5.23. The minimum Gasteiger partial charge on any atom is -0.497 e. The van der Waals surface area contributed by atoms with Crippen LogP contribution in [0.5, 0.6) is 11.5 Å². The van der Waals surface area contributed by atoms with Gasteiger partial charge in [0.2, 0.25) is 0 Å². The molecule has 35 heavy (non-hydrogen) atoms. The zero-order valence-electron chi connectivity index (χ0n) is 19.0. The second-order valence-corrected chi connectivity index (χ2v) is 9.58. The van der Waals surface area contributed by atoms with Gasteiger partial charge in [0, 0.05) is 29.4 Å². The van der Waals surface area contributed by atoms with Crippen molar-refractivity contribution in [3.8, 4) is 11.5 Å². The Balaban J connectivity index is 1.80. The zero-order valence-corrected chi connectivity index (χ0v) is 19.8. The zero-order chi connectivity index (χ0) is 25.2. The Kier molecular flexibility index (Phi) is 6.93. The number of aromatic nitrogens is 1. The van der Waals surface area contributed by atoms with E-state index in [1.54, 1.807) is 24.3 Å². The lowest BCUT2D eigenvalue weighted by Crippen LogP contribution is -2.12. The highest BCUT2D eigenvalue weighted by atomic mass is 32.2. The molecule has 6 nitrogen and oxygen atoms in total. The van der Waals surface area contributed by atoms with Gasteiger partial charge in [0.15, 0.2) is 0 Å². The van der Waals surface area contributed by atoms with E-state index in [1.165, 1.54) is 43.6 Å². The van der Waals surface area contributed by atoms with Gasteiger partial charge in [-0.1, -0.05) is 25.5 Å². The van der Waals surface area contributed by atoms with E-state index in [9.17, 15) is 21.6 Å². The van der Waals surface area contributed by atoms with Crippen molar-refractivity contribution in [1.29, 1.82) is 0 Å². The van der Waals surface area contributed by atoms with Crippen molar-refractivity contribution in [1.82, 2.24) is 3.97 Å². The van der Waals surface area contributed by atoms with Crippen LogP contribution in [0.25, 0.3) is 10.9 Å². The van der Waals surface area contributed by atoms with E-state index in [1.807, 2.05) is 6.92 Å². The average molecular weight is 505 g/mol. The predicted molar refractivity (Wildman–Crippen MR) is 128 cm³/mol. The van der Waals surface area contributed by atoms with Crippen molar-refractivity contribution in [3.63, 3.8) is 0 Å². The number of hydrogen-bond donors (Lipinski definition) is 1. The number of alkyl halides is 2. The number of rotatable bonds is 9. The molecule has 0 aliphatic carbocycles. The number of hydrogen-bond acceptors (Lipinski definition) is 5. The molecule has 10 heteroatoms. The summed E-state index contributed by atoms with van der Waals surface area (Å²) in [5.41, 5.74) is 1.84. The molecule has 1 N–H and O–H groups in total. The average Bonchev–Trinajstić information content (AvgIpc) is 3.19. The van der Waals surface area contributed by atoms with Crippen LogP contribution >= 0.6 is 0 Å². The van der Waals surface area contributed by atoms with Crippen molar-refractivity contribution in [2.75, 3.05) is 12.4 Å². The number of nitrogens with zero attached hydrogens (tertiary/aromatic N) is 1. The second-order valence-electron chi connectivity index (χ2n) is 7.76. The van der Waals surface area contributed by atoms with Crippen molar-refractivity contribution >= 4 is 32.3 Å². The molecular formula is C25H23F3N2O4S. The topological polar surface area (TPSA) is 69.6 Å². The minimum atomic E-state index is -4.15. The van der Waals surface area contributed by atoms with Gasteiger partial charge in [0.05, 0.1) is 23.2 Å². The molecule has 0 radical (unpaired) electrons. The molecule has 4 aromatic rings. The van der Waals surface area contributed by atoms with Crippen LogP contribution in [0.15, 0.2) is 71.8 Å². The minimum absolute atomic E-state index is 0.191. The number of anilines is 2. The summed E-state index contributed by atoms with van der Waals surface area (Å²) in [5.74, 6) is -0.427. The van der Waals surface area contributed by atoms with Crippen LogP contribution in [0, 0.1) is 5.82 Å². The molecule has 0 saturated carbocycles. The Morgan fingerprint density at radius 3 is 2.51 bits per heavy atom. The first kappa shape index (κ1) is 24.5. The van der Waals surface area contributed by atoms with Crippen molar-refractivity contribution in [3.05, 3.63) is 78.2 Å². The standard InChI is InChI=1S/C25H23F3N2O4S/c1-3-5-16-15-30(35(31,32)20-7-4-6-19(13-20)34-25(27)28)24-12-17(8-10-21(16)24)29-23-11-9-18(33-2)14-22(23)26/h4,6-15,25,29H,3,5H2,1-2H3. The van der Waals surface area contributed by atoms with Gasteiger partial charge in [-0.3, -0.25) is 0 Å². The summed E-state index contributed by atoms with van der Waals surface area (Å²) in [6.45, 7) is -1.10. The molecule has 3 aromatic carbocycles. The van der Waals surface area contributed by atoms with Crippen molar-refractivity contribution in [2.45, 2.75) is 31.3 Å². The monoisotopic (exact) mass is 504 g/mol. The number of methoxy groups -OCH3 is 1. The molecule has 0 bridgehead atoms. The Labute approximate surface area is 201 Å². The van der Waals surface area contributed by atoms with E-state index < -0.39 is 22.5 Å². The predicted octanol–water partition coefficient (Wildman–Crippen LogP) is 6.32. The third-order valence-electron chi connectivity index (χ3n) is 5.42. The van der Waals surface area contributed by atoms with E-state index >= 15 is 0 Å². The maximum atomic E-state index is 14.5. The van der Waals surface area contributed by atoms with Gasteiger partial charge in [-0.2, -0.15) is 8.78 Å². The second kappa shape index (κ2) is 9.91. The molecule has 0 aliphatic rings. The molecule has 0 amide bonds. The number of ether oxygens (including phenoxy) is 2. The molecule has 0 fully saturated rings. The van der Waals surface area contributed by atoms with Crippen molar-refractivity contribution < 1.29 is 31.1 Å². The maximum Gasteiger partial charge on any atom is 0.387 e. The fraction of sp³-hybridized carbons (Fsp3) is 0.200. The molecular weight excluding hydrogens is 481 g/mol. The van der Waals surface area contributed by atoms with Crippen LogP contribution in [-0.2, 0) is 16.4 Å². The van der Waals surface area contributed by atoms with Crippen LogP contribution < -0.4 is 14.8 Å². The van der Waals surface area contributed by atoms with Crippen LogP contribution in [0.3, 0.4) is 0 Å². The summed E-state index contributed by atoms with van der Waals surface area (Å²) in [6, 6.07) is 14.4. The van der Waals surface area contributed by atoms with Gasteiger partial charge in [0.1, 0.15) is 17.3 Å². The van der Waals surface area contributed by atoms with Crippen LogP contribution in [-0.4, -0.2) is 26.1 Å². The Bertz CT molecular complexity index is 1470. The summed E-state index contributed by atoms with van der Waals surface area (Å²) >= 11 is 0. The lowest BCUT2D eigenvalue weighted by atomic mass is 10.1. The summed E-state index contributed by atoms with van der Waals surface area (Å²) in [5, 5.41) is 3.68. The van der Waals surface area contributed by atoms with Crippen LogP contribution in [0.2, 0.25) is 0 Å². The number of halogens is 3. The van der Waals surface area contributed by atoms with Crippen LogP contribution in [0.4, 0.5) is 24.5 Å². The van der Waals surface area contributed by atoms with E-state index in [4.69, 9.17) is 4.74 Å². The molecule has 0 spiro atoms. The normalized spacial score (nSPS) is 11.7. The van der Waals surface area contributed by atoms with E-state index in [2.05, 4.69) is 10.1 Å². The first-order valence-electron chi connectivity index (χ1n) is 10.8. The highest BCUT2D eigenvalue weighted by Gasteiger charge is 2.22. The Morgan fingerprint density at radius 1 is 1.03 bits per heavy atom. The molecule has 1 heterocycles. The number of fused-ring (bicyclic) bond motifs is 1. The first-order chi connectivity index (χ1) is 16.7. The quantitative estimate of drug-likeness (QED) is 0.289. The number of nitrogens with one attached hydrogen (secondary N) is 1. The van der Waals surface area contributed by atoms with Crippen LogP contribution in [0.1, 0.15) is 18.9 Å². The number of aryl methyl sites for hydroxylation is 1. The molecule has 0 unspecified atom stereocenters. The van der Waals surface area contributed by atoms with E-state index in [0.717, 1.165) is 27.4 Å². The third-order valence-corrected chi connectivity index (χ3v) is 7.09. The smallest absolute Gasteiger partial charge is 0.387 e. The molecule has 0 aliphatic heterocycles. The van der Waals surface area contributed by atoms with Gasteiger partial charge in [-0.15, -0.1) is 0 Å². The summed E-state index contributed by atoms with van der Waals surface area (Å²) in [6.07, 6.45) is 2.95. The molecule has 4 rings (SSSR count). The van der Waals surface area contributed by atoms with E-state index in [0.29, 0.717) is 23.4 Å². The van der Waals surface area contributed by atoms with Gasteiger partial charge >= 0.3 is 6.61 Å². The van der Waals surface area contributed by atoms with Crippen molar-refractivity contribution in [2.24, 2.45) is 0 Å². The summed E-state index contributed by atoms with van der Waals surface area (Å²) < 4.78 is 77.3. The van der Waals surface area contributed by atoms with Gasteiger partial charge < -0.3 is 14.8 Å². The molecule has 0 saturated heterocycles. The lowest BCUT2D eigenvalue weighted by molar-refractivity contribution is -0.0499. The highest BCUT2D eigenvalue weighted by Crippen LogP contribution is 2.32. The summed E-state index contributed by atoms with van der Waals surface area (Å²) in [7, 11) is -2.72. The Morgan fingerprint density at radius 2 is 1.83 bits per heavy atom. The van der Waals surface area contributed by atoms with E-state index in [-0.39, 0.29) is 16.3 Å². The highest BCUT2D eigenvalue weighted by molar-refractivity contribution is 7.90. The summed E-state index contributed by atoms with van der Waals surface area (Å²) in [4.78, 5) is -0.199. The molecule has 0 atom stereocenters. The lowest BCUT2D eigenvalue weighted by Gasteiger charge is -2.12. The maximum absolute atomic E-state index is 14.5.